The lowest BCUT2D eigenvalue weighted by atomic mass is 10.2. The lowest BCUT2D eigenvalue weighted by Gasteiger charge is -2.07. The van der Waals surface area contributed by atoms with Crippen LogP contribution in [-0.4, -0.2) is 11.1 Å². The lowest BCUT2D eigenvalue weighted by molar-refractivity contribution is -0.385. The highest BCUT2D eigenvalue weighted by Crippen LogP contribution is 2.18. The number of hydrogen-bond acceptors (Lipinski definition) is 4. The van der Waals surface area contributed by atoms with Gasteiger partial charge in [0.2, 0.25) is 0 Å². The molecule has 0 heterocycles. The van der Waals surface area contributed by atoms with E-state index in [-0.39, 0.29) is 17.0 Å². The van der Waals surface area contributed by atoms with E-state index in [1.165, 1.54) is 0 Å². The van der Waals surface area contributed by atoms with Crippen molar-refractivity contribution in [2.45, 2.75) is 0 Å². The minimum Gasteiger partial charge on any atom is -0.872 e. The largest absolute Gasteiger partial charge is 0.872 e. The van der Waals surface area contributed by atoms with Crippen molar-refractivity contribution in [2.24, 2.45) is 0 Å². The van der Waals surface area contributed by atoms with Crippen molar-refractivity contribution in [3.8, 4) is 5.75 Å². The maximum absolute atomic E-state index is 10.9. The van der Waals surface area contributed by atoms with Crippen LogP contribution in [0.15, 0.2) is 18.2 Å². The Morgan fingerprint density at radius 3 is 2.67 bits per heavy atom. The van der Waals surface area contributed by atoms with Crippen molar-refractivity contribution in [3.05, 3.63) is 33.9 Å². The molecule has 0 spiro atoms. The number of non-ortho nitro benzene ring substituents is 1. The predicted molar refractivity (Wildman–Crippen MR) is 40.4 cm³/mol. The van der Waals surface area contributed by atoms with Crippen LogP contribution in [0.4, 0.5) is 5.69 Å². The molecule has 0 fully saturated rings. The van der Waals surface area contributed by atoms with E-state index in [0.717, 1.165) is 24.4 Å². The highest BCUT2D eigenvalue weighted by molar-refractivity contribution is 5.81. The van der Waals surface area contributed by atoms with Crippen molar-refractivity contribution in [1.82, 2.24) is 0 Å². The molecule has 0 saturated heterocycles. The Labute approximate surface area is 67.9 Å². The first-order valence-electron chi connectivity index (χ1n) is 3.11. The number of hydrogen-bond donors (Lipinski definition) is 1. The highest BCUT2D eigenvalue weighted by Gasteiger charge is 2.04. The summed E-state index contributed by atoms with van der Waals surface area (Å²) in [6, 6.07) is 3.28. The molecule has 62 valence electrons. The van der Waals surface area contributed by atoms with Crippen LogP contribution in [0.5, 0.6) is 5.75 Å². The molecule has 0 bridgehead atoms. The standard InChI is InChI=1S/C7H6N2O3/c8-4-5-3-6(9(11)12)1-2-7(5)10/h1-4,8,10H/p-1. The molecule has 0 aliphatic rings. The van der Waals surface area contributed by atoms with Crippen molar-refractivity contribution >= 4 is 11.9 Å². The summed E-state index contributed by atoms with van der Waals surface area (Å²) in [6.45, 7) is 0. The number of nitro groups is 1. The summed E-state index contributed by atoms with van der Waals surface area (Å²) in [7, 11) is 0. The van der Waals surface area contributed by atoms with Gasteiger partial charge in [0.15, 0.2) is 0 Å². The SMILES string of the molecule is N=Cc1cc([N+](=O)[O-])ccc1[O-]. The van der Waals surface area contributed by atoms with Gasteiger partial charge in [-0.15, -0.1) is 0 Å². The third kappa shape index (κ3) is 1.39. The first-order chi connectivity index (χ1) is 5.65. The Bertz CT molecular complexity index is 335. The molecule has 0 aliphatic carbocycles. The third-order valence-corrected chi connectivity index (χ3v) is 1.36. The molecule has 1 aromatic carbocycles. The minimum absolute atomic E-state index is 0.0317. The molecule has 12 heavy (non-hydrogen) atoms. The molecular formula is C7H5N2O3-. The molecule has 0 radical (unpaired) electrons. The molecule has 0 atom stereocenters. The van der Waals surface area contributed by atoms with Gasteiger partial charge in [-0.3, -0.25) is 10.1 Å². The second-order valence-electron chi connectivity index (χ2n) is 2.12. The second kappa shape index (κ2) is 3.00. The molecule has 0 aliphatic heterocycles. The Hall–Kier alpha value is -1.91. The van der Waals surface area contributed by atoms with E-state index in [0.29, 0.717) is 0 Å². The summed E-state index contributed by atoms with van der Waals surface area (Å²) in [5.74, 6) is -0.379. The zero-order valence-corrected chi connectivity index (χ0v) is 5.98. The highest BCUT2D eigenvalue weighted by atomic mass is 16.6. The van der Waals surface area contributed by atoms with E-state index >= 15 is 0 Å². The summed E-state index contributed by atoms with van der Waals surface area (Å²) in [5.41, 5.74) is -0.141. The van der Waals surface area contributed by atoms with Gasteiger partial charge in [-0.25, -0.2) is 0 Å². The van der Waals surface area contributed by atoms with E-state index in [1.807, 2.05) is 0 Å². The van der Waals surface area contributed by atoms with Gasteiger partial charge in [-0.05, 0) is 5.56 Å². The van der Waals surface area contributed by atoms with Gasteiger partial charge in [0.1, 0.15) is 0 Å². The van der Waals surface area contributed by atoms with E-state index < -0.39 is 4.92 Å². The second-order valence-corrected chi connectivity index (χ2v) is 2.12. The number of nitro benzene ring substituents is 1. The number of rotatable bonds is 2. The predicted octanol–water partition coefficient (Wildman–Crippen LogP) is 0.666. The quantitative estimate of drug-likeness (QED) is 0.396. The fourth-order valence-electron chi connectivity index (χ4n) is 0.762. The molecule has 0 unspecified atom stereocenters. The van der Waals surface area contributed by atoms with E-state index in [2.05, 4.69) is 0 Å². The maximum Gasteiger partial charge on any atom is 0.270 e. The van der Waals surface area contributed by atoms with Crippen LogP contribution < -0.4 is 5.11 Å². The van der Waals surface area contributed by atoms with E-state index in [9.17, 15) is 15.2 Å². The van der Waals surface area contributed by atoms with Crippen LogP contribution in [0, 0.1) is 15.5 Å². The van der Waals surface area contributed by atoms with Gasteiger partial charge >= 0.3 is 0 Å². The van der Waals surface area contributed by atoms with Crippen molar-refractivity contribution in [2.75, 3.05) is 0 Å². The number of nitrogens with zero attached hydrogens (tertiary/aromatic N) is 1. The summed E-state index contributed by atoms with van der Waals surface area (Å²) >= 11 is 0. The Kier molecular flexibility index (Phi) is 2.05. The van der Waals surface area contributed by atoms with Crippen LogP contribution in [0.2, 0.25) is 0 Å². The van der Waals surface area contributed by atoms with Gasteiger partial charge in [0, 0.05) is 18.3 Å². The first-order valence-corrected chi connectivity index (χ1v) is 3.11. The maximum atomic E-state index is 10.9. The molecule has 5 heteroatoms. The Balaban J connectivity index is 3.22. The zero-order chi connectivity index (χ0) is 9.14. The lowest BCUT2D eigenvalue weighted by Crippen LogP contribution is -1.97. The van der Waals surface area contributed by atoms with Crippen LogP contribution in [0.1, 0.15) is 5.56 Å². The summed E-state index contributed by atoms with van der Waals surface area (Å²) < 4.78 is 0. The summed E-state index contributed by atoms with van der Waals surface area (Å²) in [5, 5.41) is 27.8. The van der Waals surface area contributed by atoms with Crippen LogP contribution in [0.3, 0.4) is 0 Å². The van der Waals surface area contributed by atoms with Gasteiger partial charge in [-0.1, -0.05) is 11.8 Å². The number of nitrogens with one attached hydrogen (secondary N) is 1. The van der Waals surface area contributed by atoms with Gasteiger partial charge in [-0.2, -0.15) is 0 Å². The molecule has 1 rings (SSSR count). The molecular weight excluding hydrogens is 160 g/mol. The average Bonchev–Trinajstić information content (AvgIpc) is 2.05. The monoisotopic (exact) mass is 165 g/mol. The molecule has 5 nitrogen and oxygen atoms in total. The van der Waals surface area contributed by atoms with Crippen molar-refractivity contribution < 1.29 is 10.0 Å². The van der Waals surface area contributed by atoms with Crippen LogP contribution >= 0.6 is 0 Å². The topological polar surface area (TPSA) is 90.0 Å². The van der Waals surface area contributed by atoms with Gasteiger partial charge in [0.05, 0.1) is 4.92 Å². The van der Waals surface area contributed by atoms with Gasteiger partial charge < -0.3 is 10.5 Å². The minimum atomic E-state index is -0.605. The van der Waals surface area contributed by atoms with Crippen molar-refractivity contribution in [1.29, 1.82) is 5.41 Å². The molecule has 0 aromatic heterocycles. The first kappa shape index (κ1) is 8.19. The fraction of sp³-hybridized carbons (Fsp3) is 0. The van der Waals surface area contributed by atoms with Crippen LogP contribution in [0.25, 0.3) is 0 Å². The molecule has 1 N–H and O–H groups in total. The van der Waals surface area contributed by atoms with Crippen molar-refractivity contribution in [3.63, 3.8) is 0 Å². The average molecular weight is 165 g/mol. The summed E-state index contributed by atoms with van der Waals surface area (Å²) in [6.07, 6.45) is 0.801. The van der Waals surface area contributed by atoms with Gasteiger partial charge in [0.25, 0.3) is 5.69 Å². The Morgan fingerprint density at radius 1 is 1.50 bits per heavy atom. The fourth-order valence-corrected chi connectivity index (χ4v) is 0.762. The molecule has 1 aromatic rings. The van der Waals surface area contributed by atoms with E-state index in [1.54, 1.807) is 0 Å². The molecule has 0 saturated carbocycles. The Morgan fingerprint density at radius 2 is 2.17 bits per heavy atom. The number of benzene rings is 1. The summed E-state index contributed by atoms with van der Waals surface area (Å²) in [4.78, 5) is 9.60. The zero-order valence-electron chi connectivity index (χ0n) is 5.98. The normalized spacial score (nSPS) is 9.33. The van der Waals surface area contributed by atoms with Crippen LogP contribution in [-0.2, 0) is 0 Å². The van der Waals surface area contributed by atoms with E-state index in [4.69, 9.17) is 5.41 Å². The molecule has 0 amide bonds. The third-order valence-electron chi connectivity index (χ3n) is 1.36. The smallest absolute Gasteiger partial charge is 0.270 e.